The van der Waals surface area contributed by atoms with Gasteiger partial charge in [-0.2, -0.15) is 13.2 Å². The minimum absolute atomic E-state index is 0.128. The number of hydrogen-bond acceptors (Lipinski definition) is 4. The van der Waals surface area contributed by atoms with Crippen LogP contribution in [0, 0.1) is 5.92 Å². The molecule has 108 valence electrons. The molecular formula is C8H15F3N2O4S. The van der Waals surface area contributed by atoms with E-state index >= 15 is 0 Å². The molecule has 0 amide bonds. The Morgan fingerprint density at radius 3 is 2.06 bits per heavy atom. The van der Waals surface area contributed by atoms with Crippen LogP contribution >= 0.6 is 0 Å². The fraction of sp³-hybridized carbons (Fsp3) is 0.875. The molecule has 0 radical (unpaired) electrons. The molecule has 1 fully saturated rings. The summed E-state index contributed by atoms with van der Waals surface area (Å²) < 4.78 is 52.7. The molecule has 1 heterocycles. The maximum Gasteiger partial charge on any atom is 0.490 e. The van der Waals surface area contributed by atoms with E-state index in [1.807, 2.05) is 0 Å². The van der Waals surface area contributed by atoms with Gasteiger partial charge in [-0.3, -0.25) is 0 Å². The van der Waals surface area contributed by atoms with Crippen molar-refractivity contribution in [3.05, 3.63) is 0 Å². The molecule has 0 bridgehead atoms. The first kappa shape index (κ1) is 17.1. The van der Waals surface area contributed by atoms with Crippen molar-refractivity contribution < 1.29 is 31.5 Å². The molecular weight excluding hydrogens is 277 g/mol. The second-order valence-electron chi connectivity index (χ2n) is 3.84. The first-order valence-electron chi connectivity index (χ1n) is 5.03. The Bertz CT molecular complexity index is 365. The number of nitrogens with two attached hydrogens (primary N) is 1. The molecule has 0 unspecified atom stereocenters. The summed E-state index contributed by atoms with van der Waals surface area (Å²) in [7, 11) is -3.22. The summed E-state index contributed by atoms with van der Waals surface area (Å²) in [5.41, 5.74) is 0. The lowest BCUT2D eigenvalue weighted by atomic mass is 9.98. The van der Waals surface area contributed by atoms with E-state index in [0.29, 0.717) is 12.3 Å². The molecule has 0 aromatic carbocycles. The van der Waals surface area contributed by atoms with Gasteiger partial charge in [0.15, 0.2) is 0 Å². The number of sulfonamides is 1. The van der Waals surface area contributed by atoms with Crippen molar-refractivity contribution in [1.82, 2.24) is 5.32 Å². The van der Waals surface area contributed by atoms with Gasteiger partial charge >= 0.3 is 12.1 Å². The third-order valence-electron chi connectivity index (χ3n) is 2.15. The Balaban J connectivity index is 0.000000360. The Hall–Kier alpha value is -0.870. The molecule has 1 rings (SSSR count). The van der Waals surface area contributed by atoms with Gasteiger partial charge in [-0.15, -0.1) is 0 Å². The summed E-state index contributed by atoms with van der Waals surface area (Å²) in [6.45, 7) is 2.06. The first-order valence-corrected chi connectivity index (χ1v) is 6.75. The van der Waals surface area contributed by atoms with E-state index in [9.17, 15) is 21.6 Å². The molecule has 1 saturated heterocycles. The summed E-state index contributed by atoms with van der Waals surface area (Å²) in [6, 6.07) is 0. The predicted molar refractivity (Wildman–Crippen MR) is 57.3 cm³/mol. The van der Waals surface area contributed by atoms with Crippen molar-refractivity contribution in [3.8, 4) is 0 Å². The molecule has 10 heteroatoms. The number of nitrogens with one attached hydrogen (secondary N) is 1. The quantitative estimate of drug-likeness (QED) is 0.670. The molecule has 1 aliphatic heterocycles. The lowest BCUT2D eigenvalue weighted by Gasteiger charge is -2.26. The number of carbonyl (C=O) groups is 1. The number of hydrogen-bond donors (Lipinski definition) is 3. The Morgan fingerprint density at radius 1 is 1.39 bits per heavy atom. The molecule has 4 N–H and O–H groups in total. The molecule has 0 spiro atoms. The summed E-state index contributed by atoms with van der Waals surface area (Å²) in [6.07, 6.45) is -3.41. The molecule has 0 atom stereocenters. The van der Waals surface area contributed by atoms with Crippen LogP contribution in [0.1, 0.15) is 12.8 Å². The lowest BCUT2D eigenvalue weighted by Crippen LogP contribution is -2.42. The van der Waals surface area contributed by atoms with Crippen molar-refractivity contribution in [1.29, 1.82) is 0 Å². The van der Waals surface area contributed by atoms with Gasteiger partial charge in [-0.1, -0.05) is 0 Å². The number of halogens is 3. The maximum absolute atomic E-state index is 10.6. The number of alkyl halides is 3. The molecule has 6 nitrogen and oxygen atoms in total. The number of carboxylic acids is 1. The zero-order valence-electron chi connectivity index (χ0n) is 9.40. The van der Waals surface area contributed by atoms with Crippen molar-refractivity contribution >= 4 is 16.0 Å². The Kier molecular flexibility index (Phi) is 6.57. The van der Waals surface area contributed by atoms with E-state index < -0.39 is 22.2 Å². The zero-order chi connectivity index (χ0) is 14.4. The molecule has 18 heavy (non-hydrogen) atoms. The van der Waals surface area contributed by atoms with Gasteiger partial charge in [0, 0.05) is 0 Å². The molecule has 0 saturated carbocycles. The largest absolute Gasteiger partial charge is 0.490 e. The normalized spacial score (nSPS) is 16.4. The van der Waals surface area contributed by atoms with Gasteiger partial charge in [-0.05, 0) is 31.8 Å². The third kappa shape index (κ3) is 9.19. The van der Waals surface area contributed by atoms with E-state index in [0.717, 1.165) is 19.5 Å². The van der Waals surface area contributed by atoms with Crippen LogP contribution < -0.4 is 10.5 Å². The van der Waals surface area contributed by atoms with E-state index in [2.05, 4.69) is 5.32 Å². The van der Waals surface area contributed by atoms with Crippen LogP contribution in [-0.4, -0.2) is 44.5 Å². The van der Waals surface area contributed by atoms with Gasteiger partial charge in [0.2, 0.25) is 10.0 Å². The van der Waals surface area contributed by atoms with Gasteiger partial charge in [0.25, 0.3) is 0 Å². The van der Waals surface area contributed by atoms with Crippen LogP contribution in [0.25, 0.3) is 0 Å². The third-order valence-corrected chi connectivity index (χ3v) is 3.01. The van der Waals surface area contributed by atoms with Gasteiger partial charge in [0.1, 0.15) is 0 Å². The average Bonchev–Trinajstić information content (AvgIpc) is 2.07. The standard InChI is InChI=1S/C6H14N2O2S.C2HF3O2/c7-11(9,10)3-1-2-6-4-8-5-6;3-2(4,5)1(6)7/h6,8H,1-5H2,(H2,7,9,10);(H,6,7). The Morgan fingerprint density at radius 2 is 1.83 bits per heavy atom. The first-order chi connectivity index (χ1) is 8.02. The highest BCUT2D eigenvalue weighted by atomic mass is 32.2. The van der Waals surface area contributed by atoms with Crippen LogP contribution in [-0.2, 0) is 14.8 Å². The number of carboxylic acid groups (broad SMARTS) is 1. The van der Waals surface area contributed by atoms with E-state index in [1.54, 1.807) is 0 Å². The fourth-order valence-electron chi connectivity index (χ4n) is 1.13. The van der Waals surface area contributed by atoms with E-state index in [-0.39, 0.29) is 5.75 Å². The summed E-state index contributed by atoms with van der Waals surface area (Å²) in [5, 5.41) is 15.1. The smallest absolute Gasteiger partial charge is 0.475 e. The number of rotatable bonds is 4. The highest BCUT2D eigenvalue weighted by molar-refractivity contribution is 7.89. The Labute approximate surface area is 102 Å². The van der Waals surface area contributed by atoms with Gasteiger partial charge in [0.05, 0.1) is 5.75 Å². The van der Waals surface area contributed by atoms with Crippen LogP contribution in [0.2, 0.25) is 0 Å². The SMILES string of the molecule is NS(=O)(=O)CCCC1CNC1.O=C(O)C(F)(F)F. The van der Waals surface area contributed by atoms with Crippen LogP contribution in [0.15, 0.2) is 0 Å². The number of aliphatic carboxylic acids is 1. The lowest BCUT2D eigenvalue weighted by molar-refractivity contribution is -0.192. The maximum atomic E-state index is 10.6. The number of primary sulfonamides is 1. The summed E-state index contributed by atoms with van der Waals surface area (Å²) in [4.78, 5) is 8.90. The second-order valence-corrected chi connectivity index (χ2v) is 5.57. The molecule has 0 aromatic heterocycles. The molecule has 0 aromatic rings. The predicted octanol–water partition coefficient (Wildman–Crippen LogP) is -0.0922. The van der Waals surface area contributed by atoms with E-state index in [4.69, 9.17) is 15.0 Å². The van der Waals surface area contributed by atoms with Crippen molar-refractivity contribution in [2.75, 3.05) is 18.8 Å². The van der Waals surface area contributed by atoms with E-state index in [1.165, 1.54) is 0 Å². The second kappa shape index (κ2) is 6.90. The van der Waals surface area contributed by atoms with Crippen molar-refractivity contribution in [3.63, 3.8) is 0 Å². The fourth-order valence-corrected chi connectivity index (χ4v) is 1.69. The monoisotopic (exact) mass is 292 g/mol. The van der Waals surface area contributed by atoms with Crippen LogP contribution in [0.4, 0.5) is 13.2 Å². The molecule has 0 aliphatic carbocycles. The minimum atomic E-state index is -5.08. The van der Waals surface area contributed by atoms with Crippen molar-refractivity contribution in [2.45, 2.75) is 19.0 Å². The summed E-state index contributed by atoms with van der Waals surface area (Å²) in [5.74, 6) is -1.95. The van der Waals surface area contributed by atoms with Gasteiger partial charge in [-0.25, -0.2) is 18.4 Å². The zero-order valence-corrected chi connectivity index (χ0v) is 10.2. The molecule has 1 aliphatic rings. The summed E-state index contributed by atoms with van der Waals surface area (Å²) >= 11 is 0. The highest BCUT2D eigenvalue weighted by Gasteiger charge is 2.38. The van der Waals surface area contributed by atoms with Crippen LogP contribution in [0.5, 0.6) is 0 Å². The average molecular weight is 292 g/mol. The topological polar surface area (TPSA) is 109 Å². The van der Waals surface area contributed by atoms with Crippen molar-refractivity contribution in [2.24, 2.45) is 11.1 Å². The minimum Gasteiger partial charge on any atom is -0.475 e. The highest BCUT2D eigenvalue weighted by Crippen LogP contribution is 2.13. The van der Waals surface area contributed by atoms with Gasteiger partial charge < -0.3 is 10.4 Å². The van der Waals surface area contributed by atoms with Crippen LogP contribution in [0.3, 0.4) is 0 Å².